The molecule has 0 saturated carbocycles. The molecule has 17 heavy (non-hydrogen) atoms. The third-order valence-electron chi connectivity index (χ3n) is 3.42. The molecule has 3 aromatic rings. The zero-order valence-electron chi connectivity index (χ0n) is 9.47. The molecule has 4 rings (SSSR count). The molecular weight excluding hydrogens is 234 g/mol. The molecule has 0 aromatic carbocycles. The Morgan fingerprint density at radius 1 is 1.24 bits per heavy atom. The van der Waals surface area contributed by atoms with Gasteiger partial charge in [-0.3, -0.25) is 0 Å². The van der Waals surface area contributed by atoms with E-state index in [2.05, 4.69) is 20.5 Å². The highest BCUT2D eigenvalue weighted by Gasteiger charge is 2.21. The third-order valence-corrected chi connectivity index (χ3v) is 4.60. The van der Waals surface area contributed by atoms with Crippen molar-refractivity contribution in [1.29, 1.82) is 0 Å². The van der Waals surface area contributed by atoms with E-state index in [0.29, 0.717) is 0 Å². The molecule has 0 amide bonds. The predicted octanol–water partition coefficient (Wildman–Crippen LogP) is 1.92. The Morgan fingerprint density at radius 3 is 3.06 bits per heavy atom. The first-order valence-electron chi connectivity index (χ1n) is 5.83. The van der Waals surface area contributed by atoms with Crippen molar-refractivity contribution >= 4 is 27.2 Å². The van der Waals surface area contributed by atoms with Crippen LogP contribution in [0.3, 0.4) is 0 Å². The molecule has 0 spiro atoms. The largest absolute Gasteiger partial charge is 0.222 e. The number of tetrazole rings is 1. The summed E-state index contributed by atoms with van der Waals surface area (Å²) in [7, 11) is 0. The number of nitrogens with zero attached hydrogens (tertiary/aromatic N) is 5. The van der Waals surface area contributed by atoms with Gasteiger partial charge in [0.15, 0.2) is 5.65 Å². The second-order valence-electron chi connectivity index (χ2n) is 4.46. The fourth-order valence-electron chi connectivity index (χ4n) is 2.62. The number of fused-ring (bicyclic) bond motifs is 5. The maximum atomic E-state index is 4.62. The Bertz CT molecular complexity index is 726. The Balaban J connectivity index is 2.23. The Morgan fingerprint density at radius 2 is 2.12 bits per heavy atom. The number of rotatable bonds is 0. The van der Waals surface area contributed by atoms with Crippen LogP contribution in [0.25, 0.3) is 15.9 Å². The number of hydrogen-bond donors (Lipinski definition) is 0. The Hall–Kier alpha value is -1.56. The van der Waals surface area contributed by atoms with E-state index in [0.717, 1.165) is 22.7 Å². The molecular formula is C11H11N5S. The zero-order chi connectivity index (χ0) is 11.4. The molecule has 0 N–H and O–H groups in total. The average Bonchev–Trinajstić information content (AvgIpc) is 2.90. The summed E-state index contributed by atoms with van der Waals surface area (Å²) in [5.74, 6) is 0.857. The lowest BCUT2D eigenvalue weighted by atomic mass is 9.97. The van der Waals surface area contributed by atoms with Gasteiger partial charge in [-0.25, -0.2) is 4.98 Å². The lowest BCUT2D eigenvalue weighted by Gasteiger charge is -2.09. The summed E-state index contributed by atoms with van der Waals surface area (Å²) in [5.41, 5.74) is 2.30. The molecule has 0 saturated heterocycles. The van der Waals surface area contributed by atoms with Crippen LogP contribution in [0.1, 0.15) is 29.1 Å². The van der Waals surface area contributed by atoms with Crippen LogP contribution in [-0.4, -0.2) is 25.0 Å². The SMILES string of the molecule is Cc1nc2sc3c(c2c2nnnn12)CCCC3. The van der Waals surface area contributed by atoms with Gasteiger partial charge in [-0.2, -0.15) is 4.52 Å². The number of aromatic nitrogens is 5. The van der Waals surface area contributed by atoms with Crippen LogP contribution in [0.5, 0.6) is 0 Å². The first-order chi connectivity index (χ1) is 8.34. The second-order valence-corrected chi connectivity index (χ2v) is 5.55. The molecule has 0 unspecified atom stereocenters. The van der Waals surface area contributed by atoms with Gasteiger partial charge in [0.1, 0.15) is 10.7 Å². The highest BCUT2D eigenvalue weighted by molar-refractivity contribution is 7.19. The van der Waals surface area contributed by atoms with Crippen LogP contribution < -0.4 is 0 Å². The minimum absolute atomic E-state index is 0.857. The Kier molecular flexibility index (Phi) is 1.80. The van der Waals surface area contributed by atoms with E-state index in [-0.39, 0.29) is 0 Å². The van der Waals surface area contributed by atoms with E-state index < -0.39 is 0 Å². The summed E-state index contributed by atoms with van der Waals surface area (Å²) in [6.07, 6.45) is 4.88. The fourth-order valence-corrected chi connectivity index (χ4v) is 3.92. The second kappa shape index (κ2) is 3.22. The quantitative estimate of drug-likeness (QED) is 0.607. The van der Waals surface area contributed by atoms with Crippen LogP contribution in [0, 0.1) is 6.92 Å². The highest BCUT2D eigenvalue weighted by Crippen LogP contribution is 2.36. The summed E-state index contributed by atoms with van der Waals surface area (Å²) >= 11 is 1.81. The molecule has 3 heterocycles. The predicted molar refractivity (Wildman–Crippen MR) is 65.3 cm³/mol. The van der Waals surface area contributed by atoms with Gasteiger partial charge in [-0.15, -0.1) is 16.4 Å². The normalized spacial score (nSPS) is 15.6. The van der Waals surface area contributed by atoms with Crippen molar-refractivity contribution in [1.82, 2.24) is 25.0 Å². The van der Waals surface area contributed by atoms with Crippen LogP contribution >= 0.6 is 11.3 Å². The minimum Gasteiger partial charge on any atom is -0.222 e. The maximum absolute atomic E-state index is 4.62. The molecule has 6 heteroatoms. The van der Waals surface area contributed by atoms with Crippen molar-refractivity contribution in [3.05, 3.63) is 16.3 Å². The molecule has 0 radical (unpaired) electrons. The van der Waals surface area contributed by atoms with Gasteiger partial charge in [0, 0.05) is 4.88 Å². The maximum Gasteiger partial charge on any atom is 0.191 e. The molecule has 0 aliphatic heterocycles. The molecule has 5 nitrogen and oxygen atoms in total. The molecule has 3 aromatic heterocycles. The van der Waals surface area contributed by atoms with E-state index in [1.54, 1.807) is 4.52 Å². The monoisotopic (exact) mass is 245 g/mol. The van der Waals surface area contributed by atoms with E-state index >= 15 is 0 Å². The van der Waals surface area contributed by atoms with Gasteiger partial charge >= 0.3 is 0 Å². The van der Waals surface area contributed by atoms with Gasteiger partial charge in [-0.1, -0.05) is 0 Å². The summed E-state index contributed by atoms with van der Waals surface area (Å²) in [5, 5.41) is 13.1. The summed E-state index contributed by atoms with van der Waals surface area (Å²) < 4.78 is 1.74. The molecule has 1 aliphatic rings. The highest BCUT2D eigenvalue weighted by atomic mass is 32.1. The molecule has 1 aliphatic carbocycles. The number of hydrogen-bond acceptors (Lipinski definition) is 5. The zero-order valence-corrected chi connectivity index (χ0v) is 10.3. The van der Waals surface area contributed by atoms with Gasteiger partial charge in [0.25, 0.3) is 0 Å². The van der Waals surface area contributed by atoms with Crippen LogP contribution in [-0.2, 0) is 12.8 Å². The fraction of sp³-hybridized carbons (Fsp3) is 0.455. The Labute approximate surface area is 101 Å². The number of thiophene rings is 1. The number of aryl methyl sites for hydroxylation is 3. The first-order valence-corrected chi connectivity index (χ1v) is 6.65. The van der Waals surface area contributed by atoms with Crippen molar-refractivity contribution in [3.8, 4) is 0 Å². The van der Waals surface area contributed by atoms with Crippen molar-refractivity contribution < 1.29 is 0 Å². The van der Waals surface area contributed by atoms with Gasteiger partial charge in [-0.05, 0) is 48.6 Å². The molecule has 0 atom stereocenters. The van der Waals surface area contributed by atoms with Crippen molar-refractivity contribution in [2.24, 2.45) is 0 Å². The standard InChI is InChI=1S/C11H11N5S/c1-6-12-11-9(10-13-14-15-16(6)10)7-4-2-3-5-8(7)17-11/h2-5H2,1H3. The van der Waals surface area contributed by atoms with Crippen molar-refractivity contribution in [3.63, 3.8) is 0 Å². The van der Waals surface area contributed by atoms with Gasteiger partial charge in [0.05, 0.1) is 5.39 Å². The summed E-state index contributed by atoms with van der Waals surface area (Å²) in [6, 6.07) is 0. The minimum atomic E-state index is 0.857. The third kappa shape index (κ3) is 1.18. The lowest BCUT2D eigenvalue weighted by Crippen LogP contribution is -2.01. The van der Waals surface area contributed by atoms with Crippen molar-refractivity contribution in [2.75, 3.05) is 0 Å². The smallest absolute Gasteiger partial charge is 0.191 e. The van der Waals surface area contributed by atoms with Crippen LogP contribution in [0.4, 0.5) is 0 Å². The topological polar surface area (TPSA) is 56.0 Å². The van der Waals surface area contributed by atoms with Crippen LogP contribution in [0.15, 0.2) is 0 Å². The first kappa shape index (κ1) is 9.47. The van der Waals surface area contributed by atoms with Gasteiger partial charge in [0.2, 0.25) is 0 Å². The summed E-state index contributed by atoms with van der Waals surface area (Å²) in [4.78, 5) is 7.19. The molecule has 0 bridgehead atoms. The van der Waals surface area contributed by atoms with Gasteiger partial charge < -0.3 is 0 Å². The average molecular weight is 245 g/mol. The van der Waals surface area contributed by atoms with E-state index in [9.17, 15) is 0 Å². The summed E-state index contributed by atoms with van der Waals surface area (Å²) in [6.45, 7) is 1.95. The molecule has 86 valence electrons. The lowest BCUT2D eigenvalue weighted by molar-refractivity contribution is 0.700. The van der Waals surface area contributed by atoms with Crippen molar-refractivity contribution in [2.45, 2.75) is 32.6 Å². The van der Waals surface area contributed by atoms with E-state index in [1.165, 1.54) is 35.1 Å². The van der Waals surface area contributed by atoms with E-state index in [4.69, 9.17) is 0 Å². The van der Waals surface area contributed by atoms with Crippen LogP contribution in [0.2, 0.25) is 0 Å². The van der Waals surface area contributed by atoms with E-state index in [1.807, 2.05) is 18.3 Å². The molecule has 0 fully saturated rings.